The first-order valence-corrected chi connectivity index (χ1v) is 6.65. The SMILES string of the molecule is CNCCc1sc(-c2cccs2)nc1C. The molecule has 0 radical (unpaired) electrons. The van der Waals surface area contributed by atoms with Crippen LogP contribution in [0.5, 0.6) is 0 Å². The Kier molecular flexibility index (Phi) is 3.51. The molecule has 2 aromatic heterocycles. The first-order valence-electron chi connectivity index (χ1n) is 4.96. The molecule has 80 valence electrons. The van der Waals surface area contributed by atoms with E-state index < -0.39 is 0 Å². The minimum absolute atomic E-state index is 1.02. The van der Waals surface area contributed by atoms with Gasteiger partial charge in [0, 0.05) is 4.88 Å². The summed E-state index contributed by atoms with van der Waals surface area (Å²) in [5.74, 6) is 0. The predicted octanol–water partition coefficient (Wildman–Crippen LogP) is 2.94. The monoisotopic (exact) mass is 238 g/mol. The van der Waals surface area contributed by atoms with Crippen molar-refractivity contribution in [3.8, 4) is 9.88 Å². The van der Waals surface area contributed by atoms with Crippen molar-refractivity contribution < 1.29 is 0 Å². The lowest BCUT2D eigenvalue weighted by molar-refractivity contribution is 0.795. The van der Waals surface area contributed by atoms with Crippen LogP contribution < -0.4 is 5.32 Å². The van der Waals surface area contributed by atoms with E-state index in [0.717, 1.165) is 18.0 Å². The highest BCUT2D eigenvalue weighted by Gasteiger charge is 2.09. The number of aryl methyl sites for hydroxylation is 1. The normalized spacial score (nSPS) is 10.8. The van der Waals surface area contributed by atoms with E-state index in [1.807, 2.05) is 18.4 Å². The van der Waals surface area contributed by atoms with Gasteiger partial charge in [-0.3, -0.25) is 0 Å². The summed E-state index contributed by atoms with van der Waals surface area (Å²) in [7, 11) is 1.98. The van der Waals surface area contributed by atoms with Gasteiger partial charge in [0.1, 0.15) is 5.01 Å². The number of thiophene rings is 1. The number of aromatic nitrogens is 1. The molecule has 0 saturated heterocycles. The van der Waals surface area contributed by atoms with E-state index in [-0.39, 0.29) is 0 Å². The van der Waals surface area contributed by atoms with Crippen molar-refractivity contribution in [3.63, 3.8) is 0 Å². The highest BCUT2D eigenvalue weighted by molar-refractivity contribution is 7.21. The molecule has 0 amide bonds. The lowest BCUT2D eigenvalue weighted by Crippen LogP contribution is -2.09. The van der Waals surface area contributed by atoms with Gasteiger partial charge in [0.15, 0.2) is 0 Å². The molecule has 0 bridgehead atoms. The largest absolute Gasteiger partial charge is 0.319 e. The van der Waals surface area contributed by atoms with Gasteiger partial charge < -0.3 is 5.32 Å². The maximum Gasteiger partial charge on any atom is 0.133 e. The van der Waals surface area contributed by atoms with Crippen LogP contribution in [0.4, 0.5) is 0 Å². The molecule has 0 aliphatic carbocycles. The van der Waals surface area contributed by atoms with Gasteiger partial charge in [-0.25, -0.2) is 4.98 Å². The van der Waals surface area contributed by atoms with Crippen LogP contribution in [0.1, 0.15) is 10.6 Å². The lowest BCUT2D eigenvalue weighted by Gasteiger charge is -1.95. The number of nitrogens with zero attached hydrogens (tertiary/aromatic N) is 1. The second-order valence-electron chi connectivity index (χ2n) is 3.36. The van der Waals surface area contributed by atoms with Gasteiger partial charge in [-0.2, -0.15) is 0 Å². The summed E-state index contributed by atoms with van der Waals surface area (Å²) in [5, 5.41) is 6.43. The molecule has 0 saturated carbocycles. The zero-order chi connectivity index (χ0) is 10.7. The van der Waals surface area contributed by atoms with Crippen molar-refractivity contribution in [2.45, 2.75) is 13.3 Å². The molecular weight excluding hydrogens is 224 g/mol. The Balaban J connectivity index is 2.21. The van der Waals surface area contributed by atoms with Gasteiger partial charge in [0.05, 0.1) is 10.6 Å². The highest BCUT2D eigenvalue weighted by atomic mass is 32.1. The minimum atomic E-state index is 1.02. The topological polar surface area (TPSA) is 24.9 Å². The highest BCUT2D eigenvalue weighted by Crippen LogP contribution is 2.31. The van der Waals surface area contributed by atoms with E-state index in [0.29, 0.717) is 0 Å². The first-order chi connectivity index (χ1) is 7.31. The summed E-state index contributed by atoms with van der Waals surface area (Å²) >= 11 is 3.57. The third-order valence-electron chi connectivity index (χ3n) is 2.23. The van der Waals surface area contributed by atoms with E-state index in [4.69, 9.17) is 0 Å². The van der Waals surface area contributed by atoms with Gasteiger partial charge in [-0.1, -0.05) is 6.07 Å². The molecule has 0 spiro atoms. The van der Waals surface area contributed by atoms with Gasteiger partial charge >= 0.3 is 0 Å². The Bertz CT molecular complexity index is 418. The number of nitrogens with one attached hydrogen (secondary N) is 1. The van der Waals surface area contributed by atoms with E-state index in [2.05, 4.69) is 34.7 Å². The second kappa shape index (κ2) is 4.88. The lowest BCUT2D eigenvalue weighted by atomic mass is 10.3. The molecule has 15 heavy (non-hydrogen) atoms. The molecule has 2 heterocycles. The van der Waals surface area contributed by atoms with E-state index in [1.54, 1.807) is 11.3 Å². The third kappa shape index (κ3) is 2.45. The summed E-state index contributed by atoms with van der Waals surface area (Å²) in [5.41, 5.74) is 1.18. The summed E-state index contributed by atoms with van der Waals surface area (Å²) in [6, 6.07) is 4.20. The first kappa shape index (κ1) is 10.8. The summed E-state index contributed by atoms with van der Waals surface area (Å²) in [6.07, 6.45) is 1.07. The van der Waals surface area contributed by atoms with E-state index >= 15 is 0 Å². The zero-order valence-corrected chi connectivity index (χ0v) is 10.5. The maximum absolute atomic E-state index is 4.61. The van der Waals surface area contributed by atoms with Crippen LogP contribution in [0.3, 0.4) is 0 Å². The smallest absolute Gasteiger partial charge is 0.133 e. The Morgan fingerprint density at radius 3 is 3.00 bits per heavy atom. The standard InChI is InChI=1S/C11H14N2S2/c1-8-9(5-6-12-2)15-11(13-8)10-4-3-7-14-10/h3-4,7,12H,5-6H2,1-2H3. The molecule has 1 N–H and O–H groups in total. The number of thiazole rings is 1. The van der Waals surface area contributed by atoms with Crippen LogP contribution in [-0.2, 0) is 6.42 Å². The second-order valence-corrected chi connectivity index (χ2v) is 5.39. The minimum Gasteiger partial charge on any atom is -0.319 e. The molecule has 0 unspecified atom stereocenters. The molecule has 0 aliphatic heterocycles. The van der Waals surface area contributed by atoms with Gasteiger partial charge in [0.25, 0.3) is 0 Å². The van der Waals surface area contributed by atoms with Crippen LogP contribution >= 0.6 is 22.7 Å². The van der Waals surface area contributed by atoms with Crippen molar-refractivity contribution >= 4 is 22.7 Å². The molecule has 4 heteroatoms. The molecular formula is C11H14N2S2. The fourth-order valence-corrected chi connectivity index (χ4v) is 3.26. The van der Waals surface area contributed by atoms with E-state index in [1.165, 1.54) is 15.4 Å². The molecule has 2 nitrogen and oxygen atoms in total. The Labute approximate surface area is 98.0 Å². The quantitative estimate of drug-likeness (QED) is 0.886. The van der Waals surface area contributed by atoms with Crippen molar-refractivity contribution in [2.75, 3.05) is 13.6 Å². The van der Waals surface area contributed by atoms with Gasteiger partial charge in [-0.05, 0) is 38.4 Å². The van der Waals surface area contributed by atoms with Gasteiger partial charge in [-0.15, -0.1) is 22.7 Å². The third-order valence-corrected chi connectivity index (χ3v) is 4.48. The summed E-state index contributed by atoms with van der Waals surface area (Å²) in [4.78, 5) is 7.28. The predicted molar refractivity (Wildman–Crippen MR) is 67.8 cm³/mol. The average Bonchev–Trinajstić information content (AvgIpc) is 2.83. The fourth-order valence-electron chi connectivity index (χ4n) is 1.40. The molecule has 0 aliphatic rings. The van der Waals surface area contributed by atoms with Crippen LogP contribution in [0.2, 0.25) is 0 Å². The molecule has 0 fully saturated rings. The van der Waals surface area contributed by atoms with Crippen molar-refractivity contribution in [1.82, 2.24) is 10.3 Å². The van der Waals surface area contributed by atoms with Crippen LogP contribution in [0.15, 0.2) is 17.5 Å². The van der Waals surface area contributed by atoms with Crippen molar-refractivity contribution in [3.05, 3.63) is 28.1 Å². The number of hydrogen-bond donors (Lipinski definition) is 1. The van der Waals surface area contributed by atoms with Crippen LogP contribution in [0.25, 0.3) is 9.88 Å². The maximum atomic E-state index is 4.61. The zero-order valence-electron chi connectivity index (χ0n) is 8.91. The molecule has 0 aromatic carbocycles. The summed E-state index contributed by atoms with van der Waals surface area (Å²) in [6.45, 7) is 3.12. The Hall–Kier alpha value is -0.710. The Morgan fingerprint density at radius 2 is 2.33 bits per heavy atom. The number of rotatable bonds is 4. The fraction of sp³-hybridized carbons (Fsp3) is 0.364. The van der Waals surface area contributed by atoms with Crippen LogP contribution in [-0.4, -0.2) is 18.6 Å². The summed E-state index contributed by atoms with van der Waals surface area (Å²) < 4.78 is 0. The van der Waals surface area contributed by atoms with Crippen molar-refractivity contribution in [1.29, 1.82) is 0 Å². The Morgan fingerprint density at radius 1 is 1.47 bits per heavy atom. The molecule has 0 atom stereocenters. The van der Waals surface area contributed by atoms with Crippen LogP contribution in [0, 0.1) is 6.92 Å². The molecule has 2 aromatic rings. The molecule has 2 rings (SSSR count). The number of hydrogen-bond acceptors (Lipinski definition) is 4. The van der Waals surface area contributed by atoms with Crippen molar-refractivity contribution in [2.24, 2.45) is 0 Å². The van der Waals surface area contributed by atoms with Gasteiger partial charge in [0.2, 0.25) is 0 Å². The van der Waals surface area contributed by atoms with E-state index in [9.17, 15) is 0 Å². The number of likely N-dealkylation sites (N-methyl/N-ethyl adjacent to an activating group) is 1. The average molecular weight is 238 g/mol.